The van der Waals surface area contributed by atoms with Gasteiger partial charge in [0.2, 0.25) is 0 Å². The number of rotatable bonds is 9. The molecule has 0 aromatic rings. The van der Waals surface area contributed by atoms with Crippen molar-refractivity contribution in [1.29, 1.82) is 0 Å². The molecule has 4 nitrogen and oxygen atoms in total. The van der Waals surface area contributed by atoms with Gasteiger partial charge in [-0.25, -0.2) is 8.42 Å². The van der Waals surface area contributed by atoms with Gasteiger partial charge in [0.25, 0.3) is 0 Å². The van der Waals surface area contributed by atoms with E-state index >= 15 is 0 Å². The van der Waals surface area contributed by atoms with Crippen LogP contribution in [-0.4, -0.2) is 45.7 Å². The molecule has 0 aromatic heterocycles. The third-order valence-electron chi connectivity index (χ3n) is 2.62. The molecule has 1 N–H and O–H groups in total. The second kappa shape index (κ2) is 8.67. The van der Waals surface area contributed by atoms with Crippen molar-refractivity contribution in [3.05, 3.63) is 12.2 Å². The Morgan fingerprint density at radius 1 is 1.11 bits per heavy atom. The van der Waals surface area contributed by atoms with E-state index in [2.05, 4.69) is 5.32 Å². The zero-order valence-corrected chi connectivity index (χ0v) is 12.8. The van der Waals surface area contributed by atoms with Crippen molar-refractivity contribution in [3.8, 4) is 0 Å². The number of ether oxygens (including phenoxy) is 1. The van der Waals surface area contributed by atoms with Crippen LogP contribution in [0.2, 0.25) is 0 Å². The Labute approximate surface area is 112 Å². The molecule has 0 atom stereocenters. The predicted octanol–water partition coefficient (Wildman–Crippen LogP) is 1.77. The largest absolute Gasteiger partial charge is 0.383 e. The normalized spacial score (nSPS) is 13.3. The fourth-order valence-corrected chi connectivity index (χ4v) is 2.31. The van der Waals surface area contributed by atoms with Crippen LogP contribution < -0.4 is 5.32 Å². The molecule has 0 saturated carbocycles. The third kappa shape index (κ3) is 7.84. The first-order valence-electron chi connectivity index (χ1n) is 6.38. The molecule has 0 rings (SSSR count). The van der Waals surface area contributed by atoms with Crippen molar-refractivity contribution < 1.29 is 13.2 Å². The molecule has 0 saturated heterocycles. The highest BCUT2D eigenvalue weighted by molar-refractivity contribution is 7.92. The molecule has 0 aliphatic carbocycles. The summed E-state index contributed by atoms with van der Waals surface area (Å²) in [5.41, 5.74) is 0. The van der Waals surface area contributed by atoms with Crippen molar-refractivity contribution in [2.75, 3.05) is 32.6 Å². The number of nitrogens with one attached hydrogen (secondary N) is 1. The standard InChI is InChI=1S/C13H27NO3S/c1-13(2,3)18(15,16)12-8-6-5-7-9-14-10-11-17-4/h5-6,14H,7-12H2,1-4H3/b6-5+. The second-order valence-corrected chi connectivity index (χ2v) is 8.09. The molecule has 0 bridgehead atoms. The summed E-state index contributed by atoms with van der Waals surface area (Å²) < 4.78 is 27.9. The Hall–Kier alpha value is -0.390. The number of sulfone groups is 1. The molecule has 0 amide bonds. The average Bonchev–Trinajstić information content (AvgIpc) is 2.25. The molecule has 5 heteroatoms. The molecule has 0 spiro atoms. The molecule has 0 radical (unpaired) electrons. The van der Waals surface area contributed by atoms with Crippen molar-refractivity contribution >= 4 is 9.84 Å². The second-order valence-electron chi connectivity index (χ2n) is 5.22. The molecule has 18 heavy (non-hydrogen) atoms. The molecule has 108 valence electrons. The van der Waals surface area contributed by atoms with E-state index in [1.54, 1.807) is 27.9 Å². The van der Waals surface area contributed by atoms with Crippen LogP contribution in [0.4, 0.5) is 0 Å². The van der Waals surface area contributed by atoms with Crippen LogP contribution in [0.25, 0.3) is 0 Å². The molecule has 0 fully saturated rings. The topological polar surface area (TPSA) is 55.4 Å². The first-order valence-corrected chi connectivity index (χ1v) is 8.03. The molecule has 0 unspecified atom stereocenters. The van der Waals surface area contributed by atoms with Crippen LogP contribution in [-0.2, 0) is 14.6 Å². The van der Waals surface area contributed by atoms with E-state index in [1.165, 1.54) is 0 Å². The van der Waals surface area contributed by atoms with Crippen LogP contribution in [0.15, 0.2) is 12.2 Å². The lowest BCUT2D eigenvalue weighted by atomic mass is 10.3. The summed E-state index contributed by atoms with van der Waals surface area (Å²) in [6, 6.07) is 0. The van der Waals surface area contributed by atoms with Gasteiger partial charge in [-0.15, -0.1) is 0 Å². The van der Waals surface area contributed by atoms with Gasteiger partial charge in [-0.05, 0) is 40.2 Å². The van der Waals surface area contributed by atoms with Gasteiger partial charge in [-0.2, -0.15) is 0 Å². The van der Waals surface area contributed by atoms with E-state index in [0.29, 0.717) is 13.0 Å². The number of methoxy groups -OCH3 is 1. The van der Waals surface area contributed by atoms with Crippen molar-refractivity contribution in [1.82, 2.24) is 5.32 Å². The molecule has 0 aliphatic rings. The van der Waals surface area contributed by atoms with E-state index in [-0.39, 0.29) is 5.75 Å². The lowest BCUT2D eigenvalue weighted by molar-refractivity contribution is 0.199. The van der Waals surface area contributed by atoms with Crippen LogP contribution in [0, 0.1) is 0 Å². The Morgan fingerprint density at radius 3 is 2.28 bits per heavy atom. The zero-order valence-electron chi connectivity index (χ0n) is 12.0. The summed E-state index contributed by atoms with van der Waals surface area (Å²) >= 11 is 0. The smallest absolute Gasteiger partial charge is 0.155 e. The van der Waals surface area contributed by atoms with Gasteiger partial charge in [0, 0.05) is 13.7 Å². The Bertz CT molecular complexity index is 329. The molecule has 0 heterocycles. The van der Waals surface area contributed by atoms with Gasteiger partial charge < -0.3 is 10.1 Å². The van der Waals surface area contributed by atoms with E-state index in [1.807, 2.05) is 12.2 Å². The highest BCUT2D eigenvalue weighted by Gasteiger charge is 2.27. The highest BCUT2D eigenvalue weighted by atomic mass is 32.2. The van der Waals surface area contributed by atoms with Crippen molar-refractivity contribution in [2.24, 2.45) is 0 Å². The third-order valence-corrected chi connectivity index (χ3v) is 5.26. The van der Waals surface area contributed by atoms with Gasteiger partial charge in [-0.1, -0.05) is 12.2 Å². The summed E-state index contributed by atoms with van der Waals surface area (Å²) in [4.78, 5) is 0. The highest BCUT2D eigenvalue weighted by Crippen LogP contribution is 2.16. The van der Waals surface area contributed by atoms with Gasteiger partial charge in [0.1, 0.15) is 0 Å². The minimum absolute atomic E-state index is 0.226. The summed E-state index contributed by atoms with van der Waals surface area (Å²) in [5, 5.41) is 3.22. The summed E-state index contributed by atoms with van der Waals surface area (Å²) in [6.45, 7) is 7.69. The fourth-order valence-electron chi connectivity index (χ4n) is 1.25. The van der Waals surface area contributed by atoms with E-state index < -0.39 is 14.6 Å². The lowest BCUT2D eigenvalue weighted by Gasteiger charge is -2.18. The van der Waals surface area contributed by atoms with E-state index in [0.717, 1.165) is 19.5 Å². The SMILES string of the molecule is COCCNCC/C=C/CCS(=O)(=O)C(C)(C)C. The van der Waals surface area contributed by atoms with Gasteiger partial charge in [-0.3, -0.25) is 0 Å². The molecule has 0 aromatic carbocycles. The van der Waals surface area contributed by atoms with Gasteiger partial charge in [0.05, 0.1) is 17.1 Å². The molecule has 0 aliphatic heterocycles. The van der Waals surface area contributed by atoms with Crippen LogP contribution >= 0.6 is 0 Å². The average molecular weight is 277 g/mol. The Balaban J connectivity index is 3.67. The van der Waals surface area contributed by atoms with Crippen molar-refractivity contribution in [3.63, 3.8) is 0 Å². The summed E-state index contributed by atoms with van der Waals surface area (Å²) in [7, 11) is -1.31. The van der Waals surface area contributed by atoms with Crippen LogP contribution in [0.1, 0.15) is 33.6 Å². The number of hydrogen-bond acceptors (Lipinski definition) is 4. The van der Waals surface area contributed by atoms with Gasteiger partial charge >= 0.3 is 0 Å². The first-order chi connectivity index (χ1) is 8.31. The van der Waals surface area contributed by atoms with E-state index in [9.17, 15) is 8.42 Å². The quantitative estimate of drug-likeness (QED) is 0.515. The number of hydrogen-bond donors (Lipinski definition) is 1. The van der Waals surface area contributed by atoms with E-state index in [4.69, 9.17) is 4.74 Å². The minimum atomic E-state index is -2.99. The lowest BCUT2D eigenvalue weighted by Crippen LogP contribution is -2.30. The first kappa shape index (κ1) is 17.6. The van der Waals surface area contributed by atoms with Crippen molar-refractivity contribution in [2.45, 2.75) is 38.4 Å². The minimum Gasteiger partial charge on any atom is -0.383 e. The Morgan fingerprint density at radius 2 is 1.72 bits per heavy atom. The number of allylic oxidation sites excluding steroid dienone is 1. The summed E-state index contributed by atoms with van der Waals surface area (Å²) in [5.74, 6) is 0.226. The molecular weight excluding hydrogens is 250 g/mol. The van der Waals surface area contributed by atoms with Crippen LogP contribution in [0.3, 0.4) is 0 Å². The van der Waals surface area contributed by atoms with Crippen LogP contribution in [0.5, 0.6) is 0 Å². The maximum Gasteiger partial charge on any atom is 0.155 e. The Kier molecular flexibility index (Phi) is 8.48. The van der Waals surface area contributed by atoms with Gasteiger partial charge in [0.15, 0.2) is 9.84 Å². The predicted molar refractivity (Wildman–Crippen MR) is 76.7 cm³/mol. The monoisotopic (exact) mass is 277 g/mol. The summed E-state index contributed by atoms with van der Waals surface area (Å²) in [6.07, 6.45) is 5.48. The maximum absolute atomic E-state index is 11.8. The maximum atomic E-state index is 11.8. The zero-order chi connectivity index (χ0) is 14.1. The fraction of sp³-hybridized carbons (Fsp3) is 0.846. The molecular formula is C13H27NO3S.